The van der Waals surface area contributed by atoms with Crippen LogP contribution in [0.3, 0.4) is 0 Å². The second-order valence-electron chi connectivity index (χ2n) is 5.72. The number of allylic oxidation sites excluding steroid dienone is 3. The molecule has 0 saturated heterocycles. The van der Waals surface area contributed by atoms with Gasteiger partial charge in [-0.1, -0.05) is 29.9 Å². The van der Waals surface area contributed by atoms with Gasteiger partial charge in [-0.15, -0.1) is 0 Å². The van der Waals surface area contributed by atoms with Crippen LogP contribution < -0.4 is 11.1 Å². The third-order valence-corrected chi connectivity index (χ3v) is 3.50. The van der Waals surface area contributed by atoms with Crippen LogP contribution in [-0.4, -0.2) is 40.9 Å². The molecule has 1 aromatic rings. The summed E-state index contributed by atoms with van der Waals surface area (Å²) in [6.07, 6.45) is 12.9. The predicted octanol–water partition coefficient (Wildman–Crippen LogP) is 2.13. The summed E-state index contributed by atoms with van der Waals surface area (Å²) in [4.78, 5) is 25.8. The molecule has 4 N–H and O–H groups in total. The van der Waals surface area contributed by atoms with Crippen LogP contribution in [0.2, 0.25) is 0 Å². The van der Waals surface area contributed by atoms with Gasteiger partial charge in [-0.2, -0.15) is 9.98 Å². The van der Waals surface area contributed by atoms with Crippen LogP contribution in [-0.2, 0) is 9.53 Å². The van der Waals surface area contributed by atoms with E-state index in [0.29, 0.717) is 24.9 Å². The van der Waals surface area contributed by atoms with Crippen molar-refractivity contribution < 1.29 is 9.53 Å². The van der Waals surface area contributed by atoms with Gasteiger partial charge in [0.1, 0.15) is 6.61 Å². The number of nitrogens with two attached hydrogens (primary N) is 1. The normalized spacial score (nSPS) is 18.8. The lowest BCUT2D eigenvalue weighted by Crippen LogP contribution is -2.22. The highest BCUT2D eigenvalue weighted by atomic mass is 16.5. The molecule has 0 fully saturated rings. The number of ether oxygens (including phenoxy) is 1. The minimum atomic E-state index is -0.0216. The summed E-state index contributed by atoms with van der Waals surface area (Å²) in [5.41, 5.74) is 8.00. The van der Waals surface area contributed by atoms with E-state index >= 15 is 0 Å². The summed E-state index contributed by atoms with van der Waals surface area (Å²) in [6, 6.07) is 0. The summed E-state index contributed by atoms with van der Waals surface area (Å²) >= 11 is 0. The Kier molecular flexibility index (Phi) is 7.35. The zero-order valence-electron chi connectivity index (χ0n) is 15.0. The maximum absolute atomic E-state index is 11.0. The number of aromatic nitrogens is 2. The summed E-state index contributed by atoms with van der Waals surface area (Å²) in [5, 5.41) is 2.82. The van der Waals surface area contributed by atoms with Gasteiger partial charge in [0.25, 0.3) is 0 Å². The van der Waals surface area contributed by atoms with E-state index in [1.807, 2.05) is 6.08 Å². The van der Waals surface area contributed by atoms with E-state index in [-0.39, 0.29) is 11.9 Å². The number of guanidine groups is 1. The van der Waals surface area contributed by atoms with Gasteiger partial charge in [0.05, 0.1) is 12.5 Å². The summed E-state index contributed by atoms with van der Waals surface area (Å²) in [6.45, 7) is 4.23. The van der Waals surface area contributed by atoms with Gasteiger partial charge < -0.3 is 20.8 Å². The van der Waals surface area contributed by atoms with E-state index in [0.717, 1.165) is 18.4 Å². The first-order valence-electron chi connectivity index (χ1n) is 8.31. The average molecular weight is 356 g/mol. The molecular formula is C18H24N6O2. The second-order valence-corrected chi connectivity index (χ2v) is 5.72. The van der Waals surface area contributed by atoms with Crippen molar-refractivity contribution in [1.29, 1.82) is 0 Å². The molecule has 1 amide bonds. The molecule has 0 spiro atoms. The van der Waals surface area contributed by atoms with Gasteiger partial charge in [-0.05, 0) is 18.4 Å². The van der Waals surface area contributed by atoms with Crippen molar-refractivity contribution in [2.24, 2.45) is 15.7 Å². The standard InChI is InChI=1S/C18H24N6O2/c1-13(25)21-9-15-5-3-7-16(8-4-6-15)11-26-14(2)23-18(19)24-17-10-20-12-22-17/h3,6-8,10,12H,4-5,9,11H2,1-2H3,(H2,19,24)(H,20,22)(H,21,25)/b7-3-,15-6?,16-8+,23-14+. The molecule has 0 unspecified atom stereocenters. The number of rotatable bonds is 5. The Bertz CT molecular complexity index is 757. The summed E-state index contributed by atoms with van der Waals surface area (Å²) < 4.78 is 5.64. The lowest BCUT2D eigenvalue weighted by atomic mass is 10.1. The number of nitrogens with one attached hydrogen (secondary N) is 2. The molecule has 0 radical (unpaired) electrons. The number of aliphatic imine (C=N–C) groups is 2. The summed E-state index contributed by atoms with van der Waals surface area (Å²) in [7, 11) is 0. The van der Waals surface area contributed by atoms with Crippen molar-refractivity contribution in [1.82, 2.24) is 15.3 Å². The van der Waals surface area contributed by atoms with Crippen molar-refractivity contribution >= 4 is 23.6 Å². The molecule has 0 bridgehead atoms. The topological polar surface area (TPSA) is 118 Å². The van der Waals surface area contributed by atoms with Crippen LogP contribution in [0.5, 0.6) is 0 Å². The number of H-pyrrole nitrogens is 1. The lowest BCUT2D eigenvalue weighted by Gasteiger charge is -2.10. The van der Waals surface area contributed by atoms with Crippen molar-refractivity contribution in [3.8, 4) is 0 Å². The van der Waals surface area contributed by atoms with Gasteiger partial charge in [0.15, 0.2) is 11.7 Å². The smallest absolute Gasteiger partial charge is 0.225 e. The van der Waals surface area contributed by atoms with Crippen molar-refractivity contribution in [3.05, 3.63) is 48.0 Å². The van der Waals surface area contributed by atoms with Gasteiger partial charge >= 0.3 is 0 Å². The van der Waals surface area contributed by atoms with E-state index < -0.39 is 0 Å². The Hall–Kier alpha value is -3.16. The maximum atomic E-state index is 11.0. The molecule has 1 aliphatic carbocycles. The lowest BCUT2D eigenvalue weighted by molar-refractivity contribution is -0.118. The molecule has 8 heteroatoms. The van der Waals surface area contributed by atoms with Gasteiger partial charge in [0, 0.05) is 20.4 Å². The van der Waals surface area contributed by atoms with Crippen LogP contribution in [0.25, 0.3) is 0 Å². The Morgan fingerprint density at radius 2 is 2.27 bits per heavy atom. The minimum absolute atomic E-state index is 0.0216. The largest absolute Gasteiger partial charge is 0.476 e. The van der Waals surface area contributed by atoms with Crippen LogP contribution in [0.4, 0.5) is 5.82 Å². The van der Waals surface area contributed by atoms with E-state index in [4.69, 9.17) is 10.5 Å². The fourth-order valence-corrected chi connectivity index (χ4v) is 2.22. The summed E-state index contributed by atoms with van der Waals surface area (Å²) in [5.74, 6) is 1.04. The monoisotopic (exact) mass is 356 g/mol. The van der Waals surface area contributed by atoms with Gasteiger partial charge in [-0.25, -0.2) is 4.98 Å². The molecule has 0 aliphatic heterocycles. The molecule has 1 aliphatic rings. The molecule has 2 rings (SSSR count). The van der Waals surface area contributed by atoms with E-state index in [9.17, 15) is 4.79 Å². The third kappa shape index (κ3) is 7.16. The zero-order chi connectivity index (χ0) is 18.8. The number of aromatic amines is 1. The zero-order valence-corrected chi connectivity index (χ0v) is 15.0. The SMILES string of the molecule is CC(=O)NCC1=CC/C=C(CO/C(C)=N/C(N)=N\c2cnc[nH]2)\C=C/C1. The quantitative estimate of drug-likeness (QED) is 0.425. The van der Waals surface area contributed by atoms with Crippen LogP contribution in [0.15, 0.2) is 58.0 Å². The van der Waals surface area contributed by atoms with Crippen LogP contribution in [0.1, 0.15) is 26.7 Å². The predicted molar refractivity (Wildman–Crippen MR) is 102 cm³/mol. The van der Waals surface area contributed by atoms with E-state index in [1.165, 1.54) is 18.8 Å². The molecule has 0 atom stereocenters. The second kappa shape index (κ2) is 9.97. The molecule has 1 aromatic heterocycles. The Balaban J connectivity index is 1.86. The fraction of sp³-hybridized carbons (Fsp3) is 0.333. The molecule has 26 heavy (non-hydrogen) atoms. The molecule has 0 saturated carbocycles. The van der Waals surface area contributed by atoms with Crippen molar-refractivity contribution in [3.63, 3.8) is 0 Å². The van der Waals surface area contributed by atoms with E-state index in [1.54, 1.807) is 13.1 Å². The highest BCUT2D eigenvalue weighted by Crippen LogP contribution is 2.12. The highest BCUT2D eigenvalue weighted by molar-refractivity contribution is 5.92. The average Bonchev–Trinajstić information content (AvgIpc) is 3.05. The fourth-order valence-electron chi connectivity index (χ4n) is 2.22. The number of nitrogens with zero attached hydrogens (tertiary/aromatic N) is 3. The minimum Gasteiger partial charge on any atom is -0.476 e. The van der Waals surface area contributed by atoms with Crippen LogP contribution >= 0.6 is 0 Å². The first-order valence-corrected chi connectivity index (χ1v) is 8.31. The molecule has 1 heterocycles. The van der Waals surface area contributed by atoms with Gasteiger partial charge in [-0.3, -0.25) is 4.79 Å². The first-order chi connectivity index (χ1) is 12.5. The van der Waals surface area contributed by atoms with Gasteiger partial charge in [0.2, 0.25) is 11.9 Å². The van der Waals surface area contributed by atoms with Crippen LogP contribution in [0, 0.1) is 0 Å². The Morgan fingerprint density at radius 3 is 3.00 bits per heavy atom. The number of hydrogen-bond acceptors (Lipinski definition) is 4. The first kappa shape index (κ1) is 19.2. The highest BCUT2D eigenvalue weighted by Gasteiger charge is 2.02. The molecule has 8 nitrogen and oxygen atoms in total. The van der Waals surface area contributed by atoms with Crippen molar-refractivity contribution in [2.75, 3.05) is 13.2 Å². The Morgan fingerprint density at radius 1 is 1.42 bits per heavy atom. The Labute approximate surface area is 152 Å². The number of hydrogen-bond donors (Lipinski definition) is 3. The number of imidazole rings is 1. The third-order valence-electron chi connectivity index (χ3n) is 3.50. The molecular weight excluding hydrogens is 332 g/mol. The number of amides is 1. The maximum Gasteiger partial charge on any atom is 0.225 e. The number of carbonyl (C=O) groups is 1. The molecule has 138 valence electrons. The van der Waals surface area contributed by atoms with Crippen molar-refractivity contribution in [2.45, 2.75) is 26.7 Å². The number of carbonyl (C=O) groups excluding carboxylic acids is 1. The molecule has 0 aromatic carbocycles. The van der Waals surface area contributed by atoms with E-state index in [2.05, 4.69) is 43.5 Å².